The molecule has 3 aromatic rings. The van der Waals surface area contributed by atoms with Gasteiger partial charge in [-0.05, 0) is 68.3 Å². The first kappa shape index (κ1) is 24.9. The monoisotopic (exact) mass is 478 g/mol. The first-order chi connectivity index (χ1) is 16.7. The van der Waals surface area contributed by atoms with Gasteiger partial charge in [-0.1, -0.05) is 32.9 Å². The van der Waals surface area contributed by atoms with Gasteiger partial charge in [-0.3, -0.25) is 0 Å². The van der Waals surface area contributed by atoms with Crippen LogP contribution in [0, 0.1) is 5.92 Å². The number of imidazole rings is 1. The summed E-state index contributed by atoms with van der Waals surface area (Å²) in [6, 6.07) is 8.28. The Labute approximate surface area is 207 Å². The van der Waals surface area contributed by atoms with Gasteiger partial charge >= 0.3 is 6.03 Å². The van der Waals surface area contributed by atoms with Crippen LogP contribution in [0.25, 0.3) is 11.2 Å². The summed E-state index contributed by atoms with van der Waals surface area (Å²) in [5, 5.41) is 5.88. The molecule has 0 radical (unpaired) electrons. The molecule has 188 valence electrons. The molecule has 0 spiro atoms. The predicted molar refractivity (Wildman–Crippen MR) is 140 cm³/mol. The number of nitrogen functional groups attached to an aromatic ring is 1. The minimum absolute atomic E-state index is 0.101. The molecule has 0 saturated heterocycles. The third-order valence-corrected chi connectivity index (χ3v) is 6.87. The molecule has 35 heavy (non-hydrogen) atoms. The highest BCUT2D eigenvalue weighted by molar-refractivity contribution is 5.89. The summed E-state index contributed by atoms with van der Waals surface area (Å²) in [6.07, 6.45) is 7.67. The number of fused-ring (bicyclic) bond motifs is 1. The molecule has 2 atom stereocenters. The average molecular weight is 479 g/mol. The third kappa shape index (κ3) is 6.28. The summed E-state index contributed by atoms with van der Waals surface area (Å²) in [7, 11) is 2.16. The zero-order chi connectivity index (χ0) is 25.0. The summed E-state index contributed by atoms with van der Waals surface area (Å²) >= 11 is 0. The second-order valence-corrected chi connectivity index (χ2v) is 10.7. The van der Waals surface area contributed by atoms with E-state index in [1.165, 1.54) is 18.3 Å². The average Bonchev–Trinajstić information content (AvgIpc) is 3.44. The molecule has 2 aromatic heterocycles. The highest BCUT2D eigenvalue weighted by atomic mass is 16.2. The molecule has 0 unspecified atom stereocenters. The van der Waals surface area contributed by atoms with Crippen molar-refractivity contribution >= 4 is 28.7 Å². The lowest BCUT2D eigenvalue weighted by molar-refractivity contribution is 0.248. The molecule has 9 nitrogen and oxygen atoms in total. The standard InChI is InChI=1S/C26H38N8O/c1-26(2,3)19-7-9-20(10-8-19)32-25(35)28-12-5-13-33(4)15-18-6-11-21(14-18)34-17-31-22-23(27)29-16-30-24(22)34/h7-10,16-18,21H,5-6,11-15H2,1-4H3,(H2,27,29,30)(H2,28,32,35)/t18-,21-/m0/s1. The lowest BCUT2D eigenvalue weighted by Crippen LogP contribution is -2.32. The van der Waals surface area contributed by atoms with Gasteiger partial charge in [0.2, 0.25) is 0 Å². The van der Waals surface area contributed by atoms with Crippen LogP contribution in [-0.2, 0) is 5.41 Å². The number of benzene rings is 1. The summed E-state index contributed by atoms with van der Waals surface area (Å²) in [5.74, 6) is 1.07. The van der Waals surface area contributed by atoms with Crippen molar-refractivity contribution in [3.63, 3.8) is 0 Å². The quantitative estimate of drug-likeness (QED) is 0.418. The van der Waals surface area contributed by atoms with Crippen LogP contribution in [0.1, 0.15) is 58.1 Å². The number of carbonyl (C=O) groups is 1. The molecule has 4 N–H and O–H groups in total. The summed E-state index contributed by atoms with van der Waals surface area (Å²) in [5.41, 5.74) is 9.60. The first-order valence-electron chi connectivity index (χ1n) is 12.5. The molecule has 1 saturated carbocycles. The van der Waals surface area contributed by atoms with Crippen molar-refractivity contribution < 1.29 is 4.79 Å². The van der Waals surface area contributed by atoms with Crippen LogP contribution < -0.4 is 16.4 Å². The summed E-state index contributed by atoms with van der Waals surface area (Å²) in [4.78, 5) is 27.4. The molecule has 1 aliphatic carbocycles. The Balaban J connectivity index is 1.15. The number of carbonyl (C=O) groups excluding carboxylic acids is 1. The van der Waals surface area contributed by atoms with Crippen molar-refractivity contribution in [1.82, 2.24) is 29.7 Å². The van der Waals surface area contributed by atoms with Gasteiger partial charge in [0.15, 0.2) is 11.5 Å². The van der Waals surface area contributed by atoms with E-state index in [-0.39, 0.29) is 11.4 Å². The second-order valence-electron chi connectivity index (χ2n) is 10.7. The number of hydrogen-bond acceptors (Lipinski definition) is 6. The fourth-order valence-corrected chi connectivity index (χ4v) is 4.92. The van der Waals surface area contributed by atoms with Crippen molar-refractivity contribution in [2.75, 3.05) is 37.7 Å². The Hall–Kier alpha value is -3.20. The van der Waals surface area contributed by atoms with E-state index in [0.29, 0.717) is 29.8 Å². The Morgan fingerprint density at radius 1 is 1.17 bits per heavy atom. The second kappa shape index (κ2) is 10.6. The Morgan fingerprint density at radius 2 is 1.94 bits per heavy atom. The molecule has 4 rings (SSSR count). The fourth-order valence-electron chi connectivity index (χ4n) is 4.92. The van der Waals surface area contributed by atoms with Crippen molar-refractivity contribution in [2.24, 2.45) is 5.92 Å². The Bertz CT molecular complexity index is 1130. The topological polar surface area (TPSA) is 114 Å². The number of amides is 2. The van der Waals surface area contributed by atoms with Crippen molar-refractivity contribution in [3.8, 4) is 0 Å². The number of anilines is 2. The maximum Gasteiger partial charge on any atom is 0.319 e. The summed E-state index contributed by atoms with van der Waals surface area (Å²) in [6.45, 7) is 9.17. The van der Waals surface area contributed by atoms with E-state index in [1.807, 2.05) is 18.5 Å². The number of rotatable bonds is 8. The molecular formula is C26H38N8O. The molecule has 0 bridgehead atoms. The number of aromatic nitrogens is 4. The van der Waals surface area contributed by atoms with Gasteiger partial charge in [-0.15, -0.1) is 0 Å². The van der Waals surface area contributed by atoms with Crippen LogP contribution in [0.5, 0.6) is 0 Å². The molecule has 0 aliphatic heterocycles. The van der Waals surface area contributed by atoms with Crippen molar-refractivity contribution in [3.05, 3.63) is 42.5 Å². The van der Waals surface area contributed by atoms with Gasteiger partial charge in [-0.25, -0.2) is 19.7 Å². The van der Waals surface area contributed by atoms with Crippen LogP contribution in [0.3, 0.4) is 0 Å². The largest absolute Gasteiger partial charge is 0.382 e. The minimum atomic E-state index is -0.160. The van der Waals surface area contributed by atoms with Crippen LogP contribution in [0.4, 0.5) is 16.3 Å². The Kier molecular flexibility index (Phi) is 7.54. The van der Waals surface area contributed by atoms with Crippen LogP contribution in [0.15, 0.2) is 36.9 Å². The third-order valence-electron chi connectivity index (χ3n) is 6.87. The van der Waals surface area contributed by atoms with Gasteiger partial charge < -0.3 is 25.8 Å². The van der Waals surface area contributed by atoms with E-state index in [4.69, 9.17) is 5.73 Å². The maximum absolute atomic E-state index is 12.2. The molecule has 1 fully saturated rings. The predicted octanol–water partition coefficient (Wildman–Crippen LogP) is 4.19. The number of nitrogens with zero attached hydrogens (tertiary/aromatic N) is 5. The molecular weight excluding hydrogens is 440 g/mol. The molecule has 1 aliphatic rings. The zero-order valence-electron chi connectivity index (χ0n) is 21.3. The number of nitrogens with one attached hydrogen (secondary N) is 2. The van der Waals surface area contributed by atoms with Crippen LogP contribution >= 0.6 is 0 Å². The lowest BCUT2D eigenvalue weighted by Gasteiger charge is -2.21. The van der Waals surface area contributed by atoms with Crippen molar-refractivity contribution in [2.45, 2.75) is 57.9 Å². The van der Waals surface area contributed by atoms with E-state index in [2.05, 4.69) is 75.0 Å². The van der Waals surface area contributed by atoms with Crippen LogP contribution in [-0.4, -0.2) is 57.1 Å². The van der Waals surface area contributed by atoms with E-state index in [0.717, 1.165) is 43.7 Å². The molecule has 2 amide bonds. The maximum atomic E-state index is 12.2. The smallest absolute Gasteiger partial charge is 0.319 e. The van der Waals surface area contributed by atoms with E-state index < -0.39 is 0 Å². The lowest BCUT2D eigenvalue weighted by atomic mass is 9.87. The summed E-state index contributed by atoms with van der Waals surface area (Å²) < 4.78 is 2.16. The SMILES string of the molecule is CN(CCCNC(=O)Nc1ccc(C(C)(C)C)cc1)C[C@H]1CC[C@H](n2cnc3c(N)ncnc32)C1. The minimum Gasteiger partial charge on any atom is -0.382 e. The van der Waals surface area contributed by atoms with Gasteiger partial charge in [0.25, 0.3) is 0 Å². The van der Waals surface area contributed by atoms with E-state index in [1.54, 1.807) is 0 Å². The number of urea groups is 1. The number of hydrogen-bond donors (Lipinski definition) is 3. The molecule has 1 aromatic carbocycles. The highest BCUT2D eigenvalue weighted by Gasteiger charge is 2.28. The van der Waals surface area contributed by atoms with Gasteiger partial charge in [-0.2, -0.15) is 0 Å². The van der Waals surface area contributed by atoms with Gasteiger partial charge in [0.1, 0.15) is 11.8 Å². The van der Waals surface area contributed by atoms with Gasteiger partial charge in [0.05, 0.1) is 6.33 Å². The molecule has 9 heteroatoms. The first-order valence-corrected chi connectivity index (χ1v) is 12.5. The highest BCUT2D eigenvalue weighted by Crippen LogP contribution is 2.36. The van der Waals surface area contributed by atoms with Crippen LogP contribution in [0.2, 0.25) is 0 Å². The zero-order valence-corrected chi connectivity index (χ0v) is 21.3. The number of nitrogens with two attached hydrogens (primary N) is 1. The van der Waals surface area contributed by atoms with E-state index >= 15 is 0 Å². The van der Waals surface area contributed by atoms with Gasteiger partial charge in [0, 0.05) is 24.8 Å². The van der Waals surface area contributed by atoms with E-state index in [9.17, 15) is 4.79 Å². The molecule has 2 heterocycles. The normalized spacial score (nSPS) is 18.3. The Morgan fingerprint density at radius 3 is 2.69 bits per heavy atom. The van der Waals surface area contributed by atoms with Crippen molar-refractivity contribution in [1.29, 1.82) is 0 Å². The fraction of sp³-hybridized carbons (Fsp3) is 0.538.